The molecule has 0 aliphatic heterocycles. The molecule has 0 radical (unpaired) electrons. The number of methoxy groups -OCH3 is 1. The Labute approximate surface area is 156 Å². The Morgan fingerprint density at radius 3 is 2.84 bits per heavy atom. The number of non-ortho nitro benzene ring substituents is 1. The van der Waals surface area contributed by atoms with Gasteiger partial charge in [-0.15, -0.1) is 0 Å². The largest absolute Gasteiger partial charge is 0.494 e. The Bertz CT molecular complexity index is 977. The van der Waals surface area contributed by atoms with Gasteiger partial charge in [0, 0.05) is 6.07 Å². The van der Waals surface area contributed by atoms with E-state index >= 15 is 0 Å². The number of hydrogen-bond donors (Lipinski definition) is 2. The van der Waals surface area contributed by atoms with Crippen molar-refractivity contribution >= 4 is 67.0 Å². The monoisotopic (exact) mass is 394 g/mol. The minimum Gasteiger partial charge on any atom is -0.494 e. The van der Waals surface area contributed by atoms with E-state index in [9.17, 15) is 10.1 Å². The molecular formula is C15H11ClN4O3S2. The van der Waals surface area contributed by atoms with Crippen molar-refractivity contribution in [1.29, 1.82) is 0 Å². The van der Waals surface area contributed by atoms with Crippen molar-refractivity contribution < 1.29 is 9.66 Å². The predicted molar refractivity (Wildman–Crippen MR) is 104 cm³/mol. The summed E-state index contributed by atoms with van der Waals surface area (Å²) in [7, 11) is 1.43. The van der Waals surface area contributed by atoms with E-state index in [1.165, 1.54) is 36.6 Å². The molecule has 2 N–H and O–H groups in total. The number of rotatable bonds is 4. The maximum Gasteiger partial charge on any atom is 0.273 e. The Balaban J connectivity index is 1.77. The number of thiocarbonyl (C=S) groups is 1. The molecule has 0 saturated heterocycles. The number of nitro benzene ring substituents is 1. The minimum atomic E-state index is -0.492. The molecule has 0 saturated carbocycles. The third-order valence-electron chi connectivity index (χ3n) is 3.23. The topological polar surface area (TPSA) is 89.3 Å². The van der Waals surface area contributed by atoms with Gasteiger partial charge in [0.25, 0.3) is 5.69 Å². The fraction of sp³-hybridized carbons (Fsp3) is 0.0667. The number of para-hydroxylation sites is 1. The summed E-state index contributed by atoms with van der Waals surface area (Å²) in [6.07, 6.45) is 0. The maximum atomic E-state index is 10.8. The van der Waals surface area contributed by atoms with Crippen LogP contribution in [0.5, 0.6) is 5.75 Å². The standard InChI is InChI=1S/C15H11ClN4O3S2/c1-23-11-7-8(20(21)22)5-6-10(11)17-14(24)19-15-18-13-9(16)3-2-4-12(13)25-15/h2-7H,1H3,(H2,17,18,19,24). The number of ether oxygens (including phenoxy) is 1. The third-order valence-corrected chi connectivity index (χ3v) is 4.68. The molecule has 128 valence electrons. The van der Waals surface area contributed by atoms with Gasteiger partial charge in [-0.2, -0.15) is 0 Å². The smallest absolute Gasteiger partial charge is 0.273 e. The SMILES string of the molecule is COc1cc([N+](=O)[O-])ccc1NC(=S)Nc1nc2c(Cl)cccc2s1. The summed E-state index contributed by atoms with van der Waals surface area (Å²) in [5, 5.41) is 18.2. The fourth-order valence-corrected chi connectivity index (χ4v) is 3.56. The molecule has 0 spiro atoms. The van der Waals surface area contributed by atoms with Crippen molar-refractivity contribution in [3.63, 3.8) is 0 Å². The van der Waals surface area contributed by atoms with Gasteiger partial charge in [0.05, 0.1) is 33.5 Å². The summed E-state index contributed by atoms with van der Waals surface area (Å²) in [6.45, 7) is 0. The number of nitro groups is 1. The Hall–Kier alpha value is -2.49. The molecule has 0 amide bonds. The molecule has 3 rings (SSSR count). The van der Waals surface area contributed by atoms with Crippen molar-refractivity contribution in [2.75, 3.05) is 17.7 Å². The first-order valence-electron chi connectivity index (χ1n) is 6.93. The van der Waals surface area contributed by atoms with Crippen LogP contribution in [0.1, 0.15) is 0 Å². The van der Waals surface area contributed by atoms with Crippen LogP contribution in [0.4, 0.5) is 16.5 Å². The van der Waals surface area contributed by atoms with Crippen LogP contribution in [0.15, 0.2) is 36.4 Å². The molecule has 0 atom stereocenters. The van der Waals surface area contributed by atoms with Crippen LogP contribution in [0.3, 0.4) is 0 Å². The van der Waals surface area contributed by atoms with Gasteiger partial charge in [-0.1, -0.05) is 29.0 Å². The highest BCUT2D eigenvalue weighted by Crippen LogP contribution is 2.32. The van der Waals surface area contributed by atoms with Crippen LogP contribution in [0.2, 0.25) is 5.02 Å². The highest BCUT2D eigenvalue weighted by atomic mass is 35.5. The first-order valence-corrected chi connectivity index (χ1v) is 8.53. The zero-order valence-corrected chi connectivity index (χ0v) is 15.2. The highest BCUT2D eigenvalue weighted by molar-refractivity contribution is 7.80. The van der Waals surface area contributed by atoms with Gasteiger partial charge in [0.1, 0.15) is 11.3 Å². The lowest BCUT2D eigenvalue weighted by atomic mass is 10.2. The first kappa shape index (κ1) is 17.3. The van der Waals surface area contributed by atoms with Gasteiger partial charge in [-0.3, -0.25) is 10.1 Å². The maximum absolute atomic E-state index is 10.8. The Morgan fingerprint density at radius 2 is 2.16 bits per heavy atom. The zero-order chi connectivity index (χ0) is 18.0. The van der Waals surface area contributed by atoms with Crippen LogP contribution < -0.4 is 15.4 Å². The Kier molecular flexibility index (Phi) is 4.98. The van der Waals surface area contributed by atoms with E-state index in [1.54, 1.807) is 6.07 Å². The number of benzene rings is 2. The van der Waals surface area contributed by atoms with E-state index in [0.29, 0.717) is 27.1 Å². The molecule has 1 heterocycles. The second-order valence-corrected chi connectivity index (χ2v) is 6.67. The lowest BCUT2D eigenvalue weighted by Crippen LogP contribution is -2.19. The molecule has 25 heavy (non-hydrogen) atoms. The van der Waals surface area contributed by atoms with Crippen molar-refractivity contribution in [2.45, 2.75) is 0 Å². The number of thiazole rings is 1. The summed E-state index contributed by atoms with van der Waals surface area (Å²) in [6, 6.07) is 9.75. The summed E-state index contributed by atoms with van der Waals surface area (Å²) >= 11 is 12.8. The van der Waals surface area contributed by atoms with Crippen molar-refractivity contribution in [2.24, 2.45) is 0 Å². The molecule has 0 fully saturated rings. The number of anilines is 2. The van der Waals surface area contributed by atoms with Gasteiger partial charge in [-0.05, 0) is 30.4 Å². The third kappa shape index (κ3) is 3.78. The molecule has 3 aromatic rings. The predicted octanol–water partition coefficient (Wildman–Crippen LogP) is 4.68. The lowest BCUT2D eigenvalue weighted by Gasteiger charge is -2.11. The minimum absolute atomic E-state index is 0.0675. The second kappa shape index (κ2) is 7.18. The summed E-state index contributed by atoms with van der Waals surface area (Å²) in [5.41, 5.74) is 1.14. The van der Waals surface area contributed by atoms with Crippen LogP contribution >= 0.6 is 35.2 Å². The molecule has 1 aromatic heterocycles. The van der Waals surface area contributed by atoms with Crippen LogP contribution in [-0.2, 0) is 0 Å². The molecule has 10 heteroatoms. The summed E-state index contributed by atoms with van der Waals surface area (Å²) in [4.78, 5) is 14.7. The Morgan fingerprint density at radius 1 is 1.36 bits per heavy atom. The summed E-state index contributed by atoms with van der Waals surface area (Å²) < 4.78 is 6.10. The number of nitrogens with zero attached hydrogens (tertiary/aromatic N) is 2. The number of aromatic nitrogens is 1. The average Bonchev–Trinajstić information content (AvgIpc) is 2.98. The molecule has 0 bridgehead atoms. The van der Waals surface area contributed by atoms with Gasteiger partial charge >= 0.3 is 0 Å². The zero-order valence-electron chi connectivity index (χ0n) is 12.8. The van der Waals surface area contributed by atoms with Gasteiger partial charge in [0.15, 0.2) is 10.2 Å². The van der Waals surface area contributed by atoms with E-state index in [0.717, 1.165) is 4.70 Å². The van der Waals surface area contributed by atoms with E-state index in [-0.39, 0.29) is 10.8 Å². The molecule has 2 aromatic carbocycles. The van der Waals surface area contributed by atoms with Crippen molar-refractivity contribution in [3.8, 4) is 5.75 Å². The molecular weight excluding hydrogens is 384 g/mol. The van der Waals surface area contributed by atoms with Gasteiger partial charge < -0.3 is 15.4 Å². The van der Waals surface area contributed by atoms with Crippen LogP contribution in [0, 0.1) is 10.1 Å². The molecule has 0 aliphatic carbocycles. The average molecular weight is 395 g/mol. The van der Waals surface area contributed by atoms with Crippen LogP contribution in [0.25, 0.3) is 10.2 Å². The van der Waals surface area contributed by atoms with E-state index in [2.05, 4.69) is 15.6 Å². The number of nitrogens with one attached hydrogen (secondary N) is 2. The summed E-state index contributed by atoms with van der Waals surface area (Å²) in [5.74, 6) is 0.311. The van der Waals surface area contributed by atoms with Gasteiger partial charge in [0.2, 0.25) is 0 Å². The quantitative estimate of drug-likeness (QED) is 0.377. The fourth-order valence-electron chi connectivity index (χ4n) is 2.12. The molecule has 0 unspecified atom stereocenters. The number of halogens is 1. The van der Waals surface area contributed by atoms with E-state index < -0.39 is 4.92 Å². The normalized spacial score (nSPS) is 10.5. The number of hydrogen-bond acceptors (Lipinski definition) is 6. The lowest BCUT2D eigenvalue weighted by molar-refractivity contribution is -0.384. The first-order chi connectivity index (χ1) is 12.0. The van der Waals surface area contributed by atoms with Crippen molar-refractivity contribution in [1.82, 2.24) is 4.98 Å². The second-order valence-electron chi connectivity index (χ2n) is 4.83. The highest BCUT2D eigenvalue weighted by Gasteiger charge is 2.13. The van der Waals surface area contributed by atoms with E-state index in [4.69, 9.17) is 28.6 Å². The van der Waals surface area contributed by atoms with Crippen LogP contribution in [-0.4, -0.2) is 22.1 Å². The molecule has 0 aliphatic rings. The van der Waals surface area contributed by atoms with Crippen molar-refractivity contribution in [3.05, 3.63) is 51.5 Å². The number of fused-ring (bicyclic) bond motifs is 1. The van der Waals surface area contributed by atoms with E-state index in [1.807, 2.05) is 12.1 Å². The molecule has 7 nitrogen and oxygen atoms in total. The van der Waals surface area contributed by atoms with Gasteiger partial charge in [-0.25, -0.2) is 4.98 Å².